The molecule has 0 radical (unpaired) electrons. The molecule has 0 saturated carbocycles. The Balaban J connectivity index is 1.90. The summed E-state index contributed by atoms with van der Waals surface area (Å²) in [6, 6.07) is 15.3. The quantitative estimate of drug-likeness (QED) is 0.308. The van der Waals surface area contributed by atoms with Crippen molar-refractivity contribution >= 4 is 23.1 Å². The van der Waals surface area contributed by atoms with Crippen LogP contribution in [0.15, 0.2) is 72.3 Å². The average molecular weight is 461 g/mol. The molecule has 1 atom stereocenters. The number of aryl methyl sites for hydroxylation is 1. The van der Waals surface area contributed by atoms with Crippen LogP contribution in [0, 0.1) is 12.7 Å². The van der Waals surface area contributed by atoms with Crippen LogP contribution < -0.4 is 9.64 Å². The largest absolute Gasteiger partial charge is 0.508 e. The van der Waals surface area contributed by atoms with E-state index in [2.05, 4.69) is 0 Å². The van der Waals surface area contributed by atoms with Gasteiger partial charge in [0.05, 0.1) is 17.7 Å². The van der Waals surface area contributed by atoms with E-state index in [1.54, 1.807) is 30.3 Å². The summed E-state index contributed by atoms with van der Waals surface area (Å²) in [6.07, 6.45) is -0.0412. The summed E-state index contributed by atoms with van der Waals surface area (Å²) in [6.45, 7) is 5.61. The molecule has 6 nitrogen and oxygen atoms in total. The van der Waals surface area contributed by atoms with E-state index in [-0.39, 0.29) is 28.9 Å². The minimum atomic E-state index is -1.07. The van der Waals surface area contributed by atoms with Gasteiger partial charge in [0.1, 0.15) is 23.1 Å². The zero-order valence-electron chi connectivity index (χ0n) is 18.9. The van der Waals surface area contributed by atoms with Crippen molar-refractivity contribution in [3.8, 4) is 11.5 Å². The third kappa shape index (κ3) is 4.24. The van der Waals surface area contributed by atoms with Crippen molar-refractivity contribution in [1.29, 1.82) is 0 Å². The van der Waals surface area contributed by atoms with E-state index in [4.69, 9.17) is 4.74 Å². The van der Waals surface area contributed by atoms with Gasteiger partial charge in [0.2, 0.25) is 0 Å². The predicted octanol–water partition coefficient (Wildman–Crippen LogP) is 5.25. The standard InChI is InChI=1S/C27H24FNO5/c1-15(2)34-22-11-10-18(12-16(22)3)25(31)23-24(17-6-4-9-21(30)13-17)29(27(33)26(23)32)20-8-5-7-19(28)14-20/h4-15,24,30-31H,1-3H3/b25-23-. The number of ether oxygens (including phenoxy) is 1. The van der Waals surface area contributed by atoms with Crippen molar-refractivity contribution in [2.24, 2.45) is 0 Å². The average Bonchev–Trinajstić information content (AvgIpc) is 3.05. The van der Waals surface area contributed by atoms with Crippen molar-refractivity contribution < 1.29 is 28.9 Å². The summed E-state index contributed by atoms with van der Waals surface area (Å²) >= 11 is 0. The Hall–Kier alpha value is -4.13. The van der Waals surface area contributed by atoms with Gasteiger partial charge in [-0.3, -0.25) is 14.5 Å². The molecule has 4 rings (SSSR count). The summed E-state index contributed by atoms with van der Waals surface area (Å²) in [4.78, 5) is 27.4. The topological polar surface area (TPSA) is 87.1 Å². The monoisotopic (exact) mass is 461 g/mol. The van der Waals surface area contributed by atoms with Crippen LogP contribution in [-0.2, 0) is 9.59 Å². The number of ketones is 1. The number of amides is 1. The van der Waals surface area contributed by atoms with Crippen LogP contribution in [0.5, 0.6) is 11.5 Å². The zero-order chi connectivity index (χ0) is 24.6. The number of nitrogens with zero attached hydrogens (tertiary/aromatic N) is 1. The van der Waals surface area contributed by atoms with Crippen LogP contribution in [0.4, 0.5) is 10.1 Å². The lowest BCUT2D eigenvalue weighted by Gasteiger charge is -2.25. The first kappa shape index (κ1) is 23.0. The maximum absolute atomic E-state index is 14.0. The number of Topliss-reactive ketones (excluding diaryl/α,β-unsaturated/α-hetero) is 1. The molecule has 1 heterocycles. The molecule has 174 valence electrons. The maximum Gasteiger partial charge on any atom is 0.300 e. The van der Waals surface area contributed by atoms with E-state index in [1.807, 2.05) is 20.8 Å². The van der Waals surface area contributed by atoms with Gasteiger partial charge < -0.3 is 14.9 Å². The fraction of sp³-hybridized carbons (Fsp3) is 0.185. The minimum Gasteiger partial charge on any atom is -0.508 e. The molecule has 0 bridgehead atoms. The molecule has 1 aliphatic rings. The lowest BCUT2D eigenvalue weighted by molar-refractivity contribution is -0.132. The SMILES string of the molecule is Cc1cc(/C(O)=C2/C(=O)C(=O)N(c3cccc(F)c3)C2c2cccc(O)c2)ccc1OC(C)C. The van der Waals surface area contributed by atoms with E-state index in [0.29, 0.717) is 16.9 Å². The molecule has 0 aliphatic carbocycles. The van der Waals surface area contributed by atoms with Crippen molar-refractivity contribution in [2.45, 2.75) is 32.9 Å². The van der Waals surface area contributed by atoms with Gasteiger partial charge in [-0.25, -0.2) is 4.39 Å². The minimum absolute atomic E-state index is 0.0412. The van der Waals surface area contributed by atoms with Gasteiger partial charge in [-0.2, -0.15) is 0 Å². The van der Waals surface area contributed by atoms with Crippen molar-refractivity contribution in [1.82, 2.24) is 0 Å². The van der Waals surface area contributed by atoms with Crippen LogP contribution in [0.1, 0.15) is 36.6 Å². The number of carbonyl (C=O) groups is 2. The van der Waals surface area contributed by atoms with Gasteiger partial charge in [-0.15, -0.1) is 0 Å². The van der Waals surface area contributed by atoms with Gasteiger partial charge in [0, 0.05) is 11.3 Å². The van der Waals surface area contributed by atoms with Gasteiger partial charge in [0.25, 0.3) is 11.7 Å². The molecule has 1 fully saturated rings. The van der Waals surface area contributed by atoms with Crippen molar-refractivity contribution in [3.63, 3.8) is 0 Å². The highest BCUT2D eigenvalue weighted by molar-refractivity contribution is 6.51. The molecule has 1 saturated heterocycles. The number of halogens is 1. The summed E-state index contributed by atoms with van der Waals surface area (Å²) in [5, 5.41) is 21.3. The maximum atomic E-state index is 14.0. The highest BCUT2D eigenvalue weighted by atomic mass is 19.1. The van der Waals surface area contributed by atoms with E-state index in [9.17, 15) is 24.2 Å². The molecule has 1 amide bonds. The molecule has 1 unspecified atom stereocenters. The van der Waals surface area contributed by atoms with Crippen LogP contribution in [0.2, 0.25) is 0 Å². The molecular weight excluding hydrogens is 437 g/mol. The summed E-state index contributed by atoms with van der Waals surface area (Å²) in [7, 11) is 0. The summed E-state index contributed by atoms with van der Waals surface area (Å²) in [5.74, 6) is -2.20. The van der Waals surface area contributed by atoms with Gasteiger partial charge in [-0.1, -0.05) is 18.2 Å². The number of hydrogen-bond donors (Lipinski definition) is 2. The number of carbonyl (C=O) groups excluding carboxylic acids is 2. The number of anilines is 1. The van der Waals surface area contributed by atoms with E-state index >= 15 is 0 Å². The molecule has 1 aliphatic heterocycles. The number of phenolic OH excluding ortho intramolecular Hbond substituents is 1. The molecule has 3 aromatic carbocycles. The Labute approximate surface area is 196 Å². The first-order valence-electron chi connectivity index (χ1n) is 10.8. The van der Waals surface area contributed by atoms with Crippen molar-refractivity contribution in [3.05, 3.63) is 94.8 Å². The number of phenols is 1. The van der Waals surface area contributed by atoms with E-state index < -0.39 is 23.5 Å². The van der Waals surface area contributed by atoms with Gasteiger partial charge in [-0.05, 0) is 80.4 Å². The van der Waals surface area contributed by atoms with Gasteiger partial charge >= 0.3 is 0 Å². The molecule has 7 heteroatoms. The molecule has 2 N–H and O–H groups in total. The first-order valence-corrected chi connectivity index (χ1v) is 10.8. The van der Waals surface area contributed by atoms with Crippen LogP contribution >= 0.6 is 0 Å². The number of aromatic hydroxyl groups is 1. The summed E-state index contributed by atoms with van der Waals surface area (Å²) < 4.78 is 19.7. The predicted molar refractivity (Wildman–Crippen MR) is 126 cm³/mol. The number of rotatable bonds is 5. The Morgan fingerprint density at radius 1 is 1.03 bits per heavy atom. The van der Waals surface area contributed by atoms with Crippen LogP contribution in [-0.4, -0.2) is 28.0 Å². The second-order valence-electron chi connectivity index (χ2n) is 8.39. The Morgan fingerprint density at radius 2 is 1.76 bits per heavy atom. The van der Waals surface area contributed by atoms with Crippen molar-refractivity contribution in [2.75, 3.05) is 4.90 Å². The molecule has 0 spiro atoms. The molecule has 34 heavy (non-hydrogen) atoms. The van der Waals surface area contributed by atoms with E-state index in [0.717, 1.165) is 16.5 Å². The first-order chi connectivity index (χ1) is 16.2. The number of aliphatic hydroxyl groups excluding tert-OH is 1. The van der Waals surface area contributed by atoms with Gasteiger partial charge in [0.15, 0.2) is 0 Å². The number of hydrogen-bond acceptors (Lipinski definition) is 5. The second kappa shape index (κ2) is 9.02. The smallest absolute Gasteiger partial charge is 0.300 e. The van der Waals surface area contributed by atoms with E-state index in [1.165, 1.54) is 30.3 Å². The Bertz CT molecular complexity index is 1310. The van der Waals surface area contributed by atoms with Crippen LogP contribution in [0.25, 0.3) is 5.76 Å². The number of benzene rings is 3. The fourth-order valence-electron chi connectivity index (χ4n) is 4.07. The lowest BCUT2D eigenvalue weighted by atomic mass is 9.94. The Morgan fingerprint density at radius 3 is 2.41 bits per heavy atom. The molecule has 0 aromatic heterocycles. The third-order valence-electron chi connectivity index (χ3n) is 5.53. The van der Waals surface area contributed by atoms with Crippen LogP contribution in [0.3, 0.4) is 0 Å². The molecule has 3 aromatic rings. The second-order valence-corrected chi connectivity index (χ2v) is 8.39. The lowest BCUT2D eigenvalue weighted by Crippen LogP contribution is -2.29. The summed E-state index contributed by atoms with van der Waals surface area (Å²) in [5.41, 5.74) is 1.46. The fourth-order valence-corrected chi connectivity index (χ4v) is 4.07. The zero-order valence-corrected chi connectivity index (χ0v) is 18.9. The third-order valence-corrected chi connectivity index (χ3v) is 5.53. The highest BCUT2D eigenvalue weighted by Gasteiger charge is 2.47. The Kier molecular flexibility index (Phi) is 6.11. The number of aliphatic hydroxyl groups is 1. The highest BCUT2D eigenvalue weighted by Crippen LogP contribution is 2.43. The normalized spacial score (nSPS) is 17.4. The molecular formula is C27H24FNO5.